The van der Waals surface area contributed by atoms with Crippen molar-refractivity contribution in [1.82, 2.24) is 19.7 Å². The second kappa shape index (κ2) is 8.46. The summed E-state index contributed by atoms with van der Waals surface area (Å²) in [6.45, 7) is 0. The van der Waals surface area contributed by atoms with Crippen LogP contribution in [0.1, 0.15) is 29.6 Å². The van der Waals surface area contributed by atoms with Gasteiger partial charge in [0.15, 0.2) is 0 Å². The fourth-order valence-electron chi connectivity index (χ4n) is 3.52. The van der Waals surface area contributed by atoms with Crippen LogP contribution in [-0.2, 0) is 0 Å². The molecule has 156 valence electrons. The van der Waals surface area contributed by atoms with Gasteiger partial charge in [-0.05, 0) is 43.5 Å². The summed E-state index contributed by atoms with van der Waals surface area (Å²) >= 11 is 0. The Morgan fingerprint density at radius 2 is 2.13 bits per heavy atom. The standard InChI is InChI=1S/C20H23FN8O/c21-15-6-2-7-16(17(15)22)27-20-24-11-14(18(23)30)19(28-20)26-12-4-1-5-13(10-12)29-9-3-8-25-29/h1,3-5,8-11,15-17H,2,6-7,22H2,(H2,23,30)(H2,24,26,27,28)/t15-,16+,17-/m0/s1. The van der Waals surface area contributed by atoms with E-state index in [0.717, 1.165) is 18.5 Å². The number of rotatable bonds is 6. The van der Waals surface area contributed by atoms with E-state index in [1.165, 1.54) is 6.20 Å². The lowest BCUT2D eigenvalue weighted by Gasteiger charge is -2.32. The van der Waals surface area contributed by atoms with E-state index in [4.69, 9.17) is 11.5 Å². The van der Waals surface area contributed by atoms with Gasteiger partial charge in [-0.25, -0.2) is 14.1 Å². The molecule has 10 heteroatoms. The average Bonchev–Trinajstić information content (AvgIpc) is 3.27. The molecule has 1 aromatic carbocycles. The highest BCUT2D eigenvalue weighted by Crippen LogP contribution is 2.25. The average molecular weight is 410 g/mol. The third-order valence-electron chi connectivity index (χ3n) is 5.12. The van der Waals surface area contributed by atoms with Gasteiger partial charge in [0.05, 0.1) is 11.7 Å². The summed E-state index contributed by atoms with van der Waals surface area (Å²) in [4.78, 5) is 20.4. The third-order valence-corrected chi connectivity index (χ3v) is 5.12. The summed E-state index contributed by atoms with van der Waals surface area (Å²) < 4.78 is 15.6. The number of hydrogen-bond donors (Lipinski definition) is 4. The number of aromatic nitrogens is 4. The molecule has 0 saturated heterocycles. The van der Waals surface area contributed by atoms with Gasteiger partial charge in [-0.2, -0.15) is 10.1 Å². The lowest BCUT2D eigenvalue weighted by atomic mass is 9.89. The number of carbonyl (C=O) groups is 1. The number of benzene rings is 1. The van der Waals surface area contributed by atoms with E-state index in [1.54, 1.807) is 10.9 Å². The van der Waals surface area contributed by atoms with Gasteiger partial charge in [0.1, 0.15) is 17.6 Å². The zero-order valence-electron chi connectivity index (χ0n) is 16.2. The Balaban J connectivity index is 1.59. The zero-order valence-corrected chi connectivity index (χ0v) is 16.2. The summed E-state index contributed by atoms with van der Waals surface area (Å²) in [6, 6.07) is 8.34. The zero-order chi connectivity index (χ0) is 21.1. The summed E-state index contributed by atoms with van der Waals surface area (Å²) in [5, 5.41) is 10.4. The normalized spacial score (nSPS) is 21.2. The largest absolute Gasteiger partial charge is 0.365 e. The smallest absolute Gasteiger partial charge is 0.254 e. The number of primary amides is 1. The number of carbonyl (C=O) groups excluding carboxylic acids is 1. The van der Waals surface area contributed by atoms with Crippen LogP contribution in [0.15, 0.2) is 48.9 Å². The van der Waals surface area contributed by atoms with Crippen molar-refractivity contribution < 1.29 is 9.18 Å². The van der Waals surface area contributed by atoms with Crippen molar-refractivity contribution in [1.29, 1.82) is 0 Å². The first-order valence-electron chi connectivity index (χ1n) is 9.71. The van der Waals surface area contributed by atoms with Crippen LogP contribution in [0.25, 0.3) is 5.69 Å². The lowest BCUT2D eigenvalue weighted by molar-refractivity contribution is 0.100. The van der Waals surface area contributed by atoms with E-state index < -0.39 is 18.1 Å². The Bertz CT molecular complexity index is 1030. The molecule has 30 heavy (non-hydrogen) atoms. The number of nitrogens with zero attached hydrogens (tertiary/aromatic N) is 4. The van der Waals surface area contributed by atoms with Crippen molar-refractivity contribution in [3.05, 3.63) is 54.5 Å². The van der Waals surface area contributed by atoms with Gasteiger partial charge in [0.25, 0.3) is 5.91 Å². The summed E-state index contributed by atoms with van der Waals surface area (Å²) in [7, 11) is 0. The van der Waals surface area contributed by atoms with Crippen LogP contribution in [0, 0.1) is 0 Å². The fourth-order valence-corrected chi connectivity index (χ4v) is 3.52. The number of nitrogens with one attached hydrogen (secondary N) is 2. The minimum Gasteiger partial charge on any atom is -0.365 e. The number of alkyl halides is 1. The SMILES string of the molecule is NC(=O)c1cnc(N[C@@H]2CCC[C@H](F)[C@@H]2N)nc1Nc1cccc(-n2cccn2)c1. The number of amides is 1. The van der Waals surface area contributed by atoms with Crippen LogP contribution >= 0.6 is 0 Å². The minimum absolute atomic E-state index is 0.140. The van der Waals surface area contributed by atoms with Crippen LogP contribution in [0.5, 0.6) is 0 Å². The maximum atomic E-state index is 13.9. The molecule has 2 heterocycles. The lowest BCUT2D eigenvalue weighted by Crippen LogP contribution is -2.49. The van der Waals surface area contributed by atoms with Crippen LogP contribution in [0.4, 0.5) is 21.8 Å². The van der Waals surface area contributed by atoms with Gasteiger partial charge < -0.3 is 22.1 Å². The number of nitrogens with two attached hydrogens (primary N) is 2. The summed E-state index contributed by atoms with van der Waals surface area (Å²) in [5.74, 6) is -0.162. The molecule has 0 aliphatic heterocycles. The van der Waals surface area contributed by atoms with Gasteiger partial charge in [-0.1, -0.05) is 6.07 Å². The van der Waals surface area contributed by atoms with Crippen LogP contribution < -0.4 is 22.1 Å². The minimum atomic E-state index is -1.07. The maximum absolute atomic E-state index is 13.9. The molecule has 3 atom stereocenters. The molecule has 1 fully saturated rings. The first-order valence-corrected chi connectivity index (χ1v) is 9.71. The summed E-state index contributed by atoms with van der Waals surface area (Å²) in [5.41, 5.74) is 13.1. The number of halogens is 1. The molecule has 0 spiro atoms. The first-order chi connectivity index (χ1) is 14.5. The molecular weight excluding hydrogens is 387 g/mol. The highest BCUT2D eigenvalue weighted by molar-refractivity contribution is 5.98. The second-order valence-corrected chi connectivity index (χ2v) is 7.22. The van der Waals surface area contributed by atoms with Crippen LogP contribution in [0.2, 0.25) is 0 Å². The molecule has 3 aromatic rings. The molecule has 6 N–H and O–H groups in total. The monoisotopic (exact) mass is 410 g/mol. The predicted octanol–water partition coefficient (Wildman–Crippen LogP) is 2.13. The summed E-state index contributed by atoms with van der Waals surface area (Å²) in [6.07, 6.45) is 5.70. The molecule has 1 aliphatic carbocycles. The highest BCUT2D eigenvalue weighted by atomic mass is 19.1. The van der Waals surface area contributed by atoms with E-state index in [0.29, 0.717) is 12.1 Å². The van der Waals surface area contributed by atoms with Gasteiger partial charge >= 0.3 is 0 Å². The van der Waals surface area contributed by atoms with Gasteiger partial charge in [0, 0.05) is 30.3 Å². The van der Waals surface area contributed by atoms with Gasteiger partial charge in [0.2, 0.25) is 5.95 Å². The van der Waals surface area contributed by atoms with Crippen molar-refractivity contribution in [3.63, 3.8) is 0 Å². The quantitative estimate of drug-likeness (QED) is 0.488. The molecule has 0 bridgehead atoms. The molecule has 0 unspecified atom stereocenters. The van der Waals surface area contributed by atoms with Crippen molar-refractivity contribution in [2.75, 3.05) is 10.6 Å². The van der Waals surface area contributed by atoms with E-state index in [1.807, 2.05) is 36.5 Å². The molecule has 1 saturated carbocycles. The van der Waals surface area contributed by atoms with Crippen molar-refractivity contribution >= 4 is 23.4 Å². The molecule has 4 rings (SSSR count). The Hall–Kier alpha value is -3.53. The third kappa shape index (κ3) is 4.23. The molecule has 1 amide bonds. The van der Waals surface area contributed by atoms with E-state index in [9.17, 15) is 9.18 Å². The topological polar surface area (TPSA) is 137 Å². The Labute approximate surface area is 172 Å². The van der Waals surface area contributed by atoms with Crippen LogP contribution in [-0.4, -0.2) is 43.9 Å². The predicted molar refractivity (Wildman–Crippen MR) is 112 cm³/mol. The molecule has 1 aliphatic rings. The molecule has 0 radical (unpaired) electrons. The Morgan fingerprint density at radius 3 is 2.90 bits per heavy atom. The number of anilines is 3. The Morgan fingerprint density at radius 1 is 1.27 bits per heavy atom. The van der Waals surface area contributed by atoms with Crippen molar-refractivity contribution in [3.8, 4) is 5.69 Å². The van der Waals surface area contributed by atoms with E-state index >= 15 is 0 Å². The molecule has 9 nitrogen and oxygen atoms in total. The molecular formula is C20H23FN8O. The second-order valence-electron chi connectivity index (χ2n) is 7.22. The van der Waals surface area contributed by atoms with Crippen LogP contribution in [0.3, 0.4) is 0 Å². The van der Waals surface area contributed by atoms with E-state index in [2.05, 4.69) is 25.7 Å². The fraction of sp³-hybridized carbons (Fsp3) is 0.300. The highest BCUT2D eigenvalue weighted by Gasteiger charge is 2.31. The van der Waals surface area contributed by atoms with Crippen molar-refractivity contribution in [2.24, 2.45) is 11.5 Å². The molecule has 2 aromatic heterocycles. The van der Waals surface area contributed by atoms with Crippen molar-refractivity contribution in [2.45, 2.75) is 37.5 Å². The first kappa shape index (κ1) is 19.8. The Kier molecular flexibility index (Phi) is 5.57. The maximum Gasteiger partial charge on any atom is 0.254 e. The van der Waals surface area contributed by atoms with Gasteiger partial charge in [-0.3, -0.25) is 4.79 Å². The van der Waals surface area contributed by atoms with Gasteiger partial charge in [-0.15, -0.1) is 0 Å². The van der Waals surface area contributed by atoms with E-state index in [-0.39, 0.29) is 23.4 Å². The number of hydrogen-bond acceptors (Lipinski definition) is 7.